The van der Waals surface area contributed by atoms with Crippen LogP contribution in [0.5, 0.6) is 0 Å². The first-order valence-corrected chi connectivity index (χ1v) is 7.83. The number of anilines is 1. The Morgan fingerprint density at radius 2 is 1.90 bits per heavy atom. The van der Waals surface area contributed by atoms with Crippen molar-refractivity contribution in [2.45, 2.75) is 51.1 Å². The van der Waals surface area contributed by atoms with Gasteiger partial charge in [-0.2, -0.15) is 0 Å². The Kier molecular flexibility index (Phi) is 4.53. The fourth-order valence-electron chi connectivity index (χ4n) is 2.96. The van der Waals surface area contributed by atoms with Gasteiger partial charge < -0.3 is 9.88 Å². The summed E-state index contributed by atoms with van der Waals surface area (Å²) in [5, 5.41) is 3.57. The minimum atomic E-state index is -0.180. The number of hydrogen-bond acceptors (Lipinski definition) is 2. The molecule has 1 saturated carbocycles. The Labute approximate surface area is 125 Å². The van der Waals surface area contributed by atoms with Gasteiger partial charge in [-0.3, -0.25) is 0 Å². The Morgan fingerprint density at radius 3 is 2.67 bits per heavy atom. The maximum atomic E-state index is 12.9. The number of nitrogens with one attached hydrogen (secondary N) is 1. The zero-order valence-electron chi connectivity index (χ0n) is 12.3. The lowest BCUT2D eigenvalue weighted by Crippen LogP contribution is -2.24. The zero-order valence-corrected chi connectivity index (χ0v) is 12.3. The van der Waals surface area contributed by atoms with Gasteiger partial charge in [0.2, 0.25) is 5.95 Å². The molecule has 0 unspecified atom stereocenters. The summed E-state index contributed by atoms with van der Waals surface area (Å²) < 4.78 is 15.1. The molecule has 1 fully saturated rings. The number of rotatable bonds is 5. The molecule has 0 radical (unpaired) electrons. The number of hydrogen-bond donors (Lipinski definition) is 1. The van der Waals surface area contributed by atoms with E-state index in [-0.39, 0.29) is 5.82 Å². The molecule has 0 bridgehead atoms. The van der Waals surface area contributed by atoms with E-state index in [1.54, 1.807) is 0 Å². The number of benzene rings is 1. The summed E-state index contributed by atoms with van der Waals surface area (Å²) in [7, 11) is 0. The molecular weight excluding hydrogens is 265 g/mol. The van der Waals surface area contributed by atoms with E-state index in [1.807, 2.05) is 24.5 Å². The van der Waals surface area contributed by atoms with E-state index in [0.717, 1.165) is 24.5 Å². The molecule has 1 aliphatic carbocycles. The van der Waals surface area contributed by atoms with Gasteiger partial charge in [0.15, 0.2) is 0 Å². The molecule has 0 aliphatic heterocycles. The lowest BCUT2D eigenvalue weighted by molar-refractivity contribution is 0.459. The normalized spacial score (nSPS) is 16.0. The standard InChI is InChI=1S/C17H22FN3/c18-15-8-6-14(7-9-15)10-12-21-13-11-19-17(21)20-16-4-2-1-3-5-16/h6-9,11,13,16H,1-5,10,12H2,(H,19,20). The molecule has 21 heavy (non-hydrogen) atoms. The van der Waals surface area contributed by atoms with Crippen LogP contribution in [0.25, 0.3) is 0 Å². The summed E-state index contributed by atoms with van der Waals surface area (Å²) >= 11 is 0. The predicted octanol–water partition coefficient (Wildman–Crippen LogP) is 4.01. The number of nitrogens with zero attached hydrogens (tertiary/aromatic N) is 2. The summed E-state index contributed by atoms with van der Waals surface area (Å²) in [6.45, 7) is 0.862. The fraction of sp³-hybridized carbons (Fsp3) is 0.471. The van der Waals surface area contributed by atoms with Gasteiger partial charge in [0.25, 0.3) is 0 Å². The first-order valence-electron chi connectivity index (χ1n) is 7.83. The molecular formula is C17H22FN3. The highest BCUT2D eigenvalue weighted by atomic mass is 19.1. The smallest absolute Gasteiger partial charge is 0.202 e. The molecule has 0 amide bonds. The average Bonchev–Trinajstić information content (AvgIpc) is 2.95. The molecule has 1 aromatic carbocycles. The molecule has 0 atom stereocenters. The van der Waals surface area contributed by atoms with Crippen LogP contribution in [-0.2, 0) is 13.0 Å². The van der Waals surface area contributed by atoms with Crippen molar-refractivity contribution in [1.82, 2.24) is 9.55 Å². The van der Waals surface area contributed by atoms with Crippen LogP contribution in [0.3, 0.4) is 0 Å². The second-order valence-electron chi connectivity index (χ2n) is 5.80. The van der Waals surface area contributed by atoms with Crippen LogP contribution in [0.15, 0.2) is 36.7 Å². The summed E-state index contributed by atoms with van der Waals surface area (Å²) in [5.74, 6) is 0.782. The van der Waals surface area contributed by atoms with E-state index >= 15 is 0 Å². The van der Waals surface area contributed by atoms with Crippen LogP contribution < -0.4 is 5.32 Å². The van der Waals surface area contributed by atoms with Crippen molar-refractivity contribution in [3.63, 3.8) is 0 Å². The van der Waals surface area contributed by atoms with Crippen molar-refractivity contribution in [2.75, 3.05) is 5.32 Å². The maximum absolute atomic E-state index is 12.9. The van der Waals surface area contributed by atoms with E-state index in [9.17, 15) is 4.39 Å². The average molecular weight is 287 g/mol. The summed E-state index contributed by atoms with van der Waals surface area (Å²) in [6.07, 6.45) is 11.2. The minimum Gasteiger partial charge on any atom is -0.353 e. The monoisotopic (exact) mass is 287 g/mol. The first-order chi connectivity index (χ1) is 10.3. The lowest BCUT2D eigenvalue weighted by Gasteiger charge is -2.23. The molecule has 0 spiro atoms. The Bertz CT molecular complexity index is 556. The molecule has 4 heteroatoms. The first kappa shape index (κ1) is 14.1. The third-order valence-electron chi connectivity index (χ3n) is 4.21. The van der Waals surface area contributed by atoms with E-state index in [4.69, 9.17) is 0 Å². The highest BCUT2D eigenvalue weighted by Gasteiger charge is 2.15. The van der Waals surface area contributed by atoms with E-state index in [0.29, 0.717) is 6.04 Å². The van der Waals surface area contributed by atoms with Gasteiger partial charge >= 0.3 is 0 Å². The van der Waals surface area contributed by atoms with Gasteiger partial charge in [0, 0.05) is 25.0 Å². The van der Waals surface area contributed by atoms with Crippen LogP contribution in [0.1, 0.15) is 37.7 Å². The van der Waals surface area contributed by atoms with Crippen LogP contribution in [0.2, 0.25) is 0 Å². The van der Waals surface area contributed by atoms with Gasteiger partial charge in [-0.25, -0.2) is 9.37 Å². The van der Waals surface area contributed by atoms with E-state index in [1.165, 1.54) is 44.2 Å². The van der Waals surface area contributed by atoms with Crippen molar-refractivity contribution < 1.29 is 4.39 Å². The second-order valence-corrected chi connectivity index (χ2v) is 5.80. The fourth-order valence-corrected chi connectivity index (χ4v) is 2.96. The zero-order chi connectivity index (χ0) is 14.5. The topological polar surface area (TPSA) is 29.9 Å². The third kappa shape index (κ3) is 3.84. The second kappa shape index (κ2) is 6.74. The van der Waals surface area contributed by atoms with Crippen LogP contribution in [-0.4, -0.2) is 15.6 Å². The minimum absolute atomic E-state index is 0.180. The van der Waals surface area contributed by atoms with Gasteiger partial charge in [-0.1, -0.05) is 31.4 Å². The Hall–Kier alpha value is -1.84. The maximum Gasteiger partial charge on any atom is 0.202 e. The molecule has 3 nitrogen and oxygen atoms in total. The van der Waals surface area contributed by atoms with Crippen molar-refractivity contribution in [3.05, 3.63) is 48.0 Å². The third-order valence-corrected chi connectivity index (χ3v) is 4.21. The van der Waals surface area contributed by atoms with Gasteiger partial charge in [-0.05, 0) is 37.0 Å². The number of aromatic nitrogens is 2. The van der Waals surface area contributed by atoms with Crippen molar-refractivity contribution in [1.29, 1.82) is 0 Å². The van der Waals surface area contributed by atoms with Gasteiger partial charge in [0.1, 0.15) is 5.82 Å². The largest absolute Gasteiger partial charge is 0.353 e. The summed E-state index contributed by atoms with van der Waals surface area (Å²) in [6, 6.07) is 7.29. The molecule has 0 saturated heterocycles. The SMILES string of the molecule is Fc1ccc(CCn2ccnc2NC2CCCCC2)cc1. The van der Waals surface area contributed by atoms with Gasteiger partial charge in [0.05, 0.1) is 0 Å². The number of halogens is 1. The van der Waals surface area contributed by atoms with Crippen LogP contribution in [0, 0.1) is 5.82 Å². The van der Waals surface area contributed by atoms with E-state index < -0.39 is 0 Å². The van der Waals surface area contributed by atoms with Gasteiger partial charge in [-0.15, -0.1) is 0 Å². The van der Waals surface area contributed by atoms with Crippen LogP contribution >= 0.6 is 0 Å². The molecule has 112 valence electrons. The number of aryl methyl sites for hydroxylation is 2. The Balaban J connectivity index is 1.58. The summed E-state index contributed by atoms with van der Waals surface area (Å²) in [4.78, 5) is 4.43. The summed E-state index contributed by atoms with van der Waals surface area (Å²) in [5.41, 5.74) is 1.15. The van der Waals surface area contributed by atoms with E-state index in [2.05, 4.69) is 14.9 Å². The highest BCUT2D eigenvalue weighted by Crippen LogP contribution is 2.21. The molecule has 1 N–H and O–H groups in total. The lowest BCUT2D eigenvalue weighted by atomic mass is 9.96. The Morgan fingerprint density at radius 1 is 1.14 bits per heavy atom. The molecule has 1 aliphatic rings. The molecule has 3 rings (SSSR count). The number of imidazole rings is 1. The van der Waals surface area contributed by atoms with Crippen molar-refractivity contribution >= 4 is 5.95 Å². The molecule has 1 heterocycles. The highest BCUT2D eigenvalue weighted by molar-refractivity contribution is 5.28. The molecule has 2 aromatic rings. The van der Waals surface area contributed by atoms with Crippen molar-refractivity contribution in [3.8, 4) is 0 Å². The van der Waals surface area contributed by atoms with Crippen molar-refractivity contribution in [2.24, 2.45) is 0 Å². The predicted molar refractivity (Wildman–Crippen MR) is 82.8 cm³/mol. The quantitative estimate of drug-likeness (QED) is 0.900. The molecule has 1 aromatic heterocycles. The van der Waals surface area contributed by atoms with Crippen LogP contribution in [0.4, 0.5) is 10.3 Å².